The molecule has 0 aromatic heterocycles. The first-order valence-corrected chi connectivity index (χ1v) is 9.30. The number of rotatable bonds is 7. The molecule has 2 aromatic carbocycles. The van der Waals surface area contributed by atoms with Gasteiger partial charge in [-0.15, -0.1) is 0 Å². The molecule has 26 heavy (non-hydrogen) atoms. The van der Waals surface area contributed by atoms with E-state index in [1.54, 1.807) is 25.1 Å². The summed E-state index contributed by atoms with van der Waals surface area (Å²) in [5.74, 6) is 0.111. The maximum atomic E-state index is 12.4. The summed E-state index contributed by atoms with van der Waals surface area (Å²) in [5.41, 5.74) is 0.569. The lowest BCUT2D eigenvalue weighted by atomic mass is 9.92. The first-order valence-electron chi connectivity index (χ1n) is 8.54. The average Bonchev–Trinajstić information content (AvgIpc) is 3.44. The zero-order valence-corrected chi connectivity index (χ0v) is 15.9. The second kappa shape index (κ2) is 7.87. The minimum absolute atomic E-state index is 0.257. The Morgan fingerprint density at radius 2 is 1.88 bits per heavy atom. The van der Waals surface area contributed by atoms with Gasteiger partial charge in [0, 0.05) is 12.0 Å². The van der Waals surface area contributed by atoms with Crippen LogP contribution in [0.4, 0.5) is 0 Å². The highest BCUT2D eigenvalue weighted by Gasteiger charge is 2.49. The standard InChI is InChI=1S/C20H21Cl2NO3/c1-13(26-16-9-5-8-15(21)17(16)22)19(25)23-12-20(10-11-20)18(24)14-6-3-2-4-7-14/h2-9,13,18,24H,10-12H2,1H3,(H,23,25). The summed E-state index contributed by atoms with van der Waals surface area (Å²) in [6.07, 6.45) is 0.426. The van der Waals surface area contributed by atoms with Crippen molar-refractivity contribution in [2.45, 2.75) is 32.0 Å². The molecule has 0 spiro atoms. The third-order valence-electron chi connectivity index (χ3n) is 4.79. The molecular formula is C20H21Cl2NO3. The van der Waals surface area contributed by atoms with Crippen molar-refractivity contribution in [1.82, 2.24) is 5.32 Å². The van der Waals surface area contributed by atoms with E-state index >= 15 is 0 Å². The molecule has 1 aliphatic rings. The molecule has 0 heterocycles. The van der Waals surface area contributed by atoms with E-state index in [4.69, 9.17) is 27.9 Å². The third kappa shape index (κ3) is 4.14. The van der Waals surface area contributed by atoms with E-state index in [2.05, 4.69) is 5.32 Å². The molecule has 1 aliphatic carbocycles. The number of aliphatic hydroxyl groups is 1. The maximum Gasteiger partial charge on any atom is 0.260 e. The van der Waals surface area contributed by atoms with E-state index < -0.39 is 12.2 Å². The van der Waals surface area contributed by atoms with E-state index in [1.807, 2.05) is 30.3 Å². The van der Waals surface area contributed by atoms with E-state index in [0.717, 1.165) is 18.4 Å². The Morgan fingerprint density at radius 3 is 2.54 bits per heavy atom. The van der Waals surface area contributed by atoms with Gasteiger partial charge in [-0.3, -0.25) is 4.79 Å². The molecule has 2 aromatic rings. The number of carbonyl (C=O) groups excluding carboxylic acids is 1. The van der Waals surface area contributed by atoms with Crippen molar-refractivity contribution in [3.63, 3.8) is 0 Å². The highest BCUT2D eigenvalue weighted by Crippen LogP contribution is 2.54. The van der Waals surface area contributed by atoms with Crippen molar-refractivity contribution in [1.29, 1.82) is 0 Å². The molecule has 6 heteroatoms. The van der Waals surface area contributed by atoms with Gasteiger partial charge < -0.3 is 15.2 Å². The Bertz CT molecular complexity index is 778. The molecule has 2 atom stereocenters. The van der Waals surface area contributed by atoms with Crippen LogP contribution in [0.25, 0.3) is 0 Å². The van der Waals surface area contributed by atoms with Gasteiger partial charge >= 0.3 is 0 Å². The predicted octanol–water partition coefficient (Wildman–Crippen LogP) is 4.39. The van der Waals surface area contributed by atoms with Crippen LogP contribution in [0.1, 0.15) is 31.4 Å². The van der Waals surface area contributed by atoms with Gasteiger partial charge in [-0.1, -0.05) is 59.6 Å². The highest BCUT2D eigenvalue weighted by molar-refractivity contribution is 6.42. The Hall–Kier alpha value is -1.75. The Balaban J connectivity index is 1.57. The van der Waals surface area contributed by atoms with Crippen LogP contribution < -0.4 is 10.1 Å². The van der Waals surface area contributed by atoms with Crippen molar-refractivity contribution >= 4 is 29.1 Å². The van der Waals surface area contributed by atoms with E-state index in [9.17, 15) is 9.90 Å². The SMILES string of the molecule is CC(Oc1cccc(Cl)c1Cl)C(=O)NCC1(C(O)c2ccccc2)CC1. The summed E-state index contributed by atoms with van der Waals surface area (Å²) >= 11 is 12.0. The summed E-state index contributed by atoms with van der Waals surface area (Å²) in [4.78, 5) is 12.4. The molecule has 1 saturated carbocycles. The highest BCUT2D eigenvalue weighted by atomic mass is 35.5. The van der Waals surface area contributed by atoms with Crippen molar-refractivity contribution in [3.8, 4) is 5.75 Å². The van der Waals surface area contributed by atoms with E-state index in [1.165, 1.54) is 0 Å². The molecule has 2 N–H and O–H groups in total. The van der Waals surface area contributed by atoms with Gasteiger partial charge in [-0.25, -0.2) is 0 Å². The van der Waals surface area contributed by atoms with Crippen LogP contribution in [0.5, 0.6) is 5.75 Å². The van der Waals surface area contributed by atoms with Gasteiger partial charge in [0.1, 0.15) is 10.8 Å². The lowest BCUT2D eigenvalue weighted by Gasteiger charge is -2.24. The number of carbonyl (C=O) groups is 1. The van der Waals surface area contributed by atoms with E-state index in [-0.39, 0.29) is 16.3 Å². The lowest BCUT2D eigenvalue weighted by molar-refractivity contribution is -0.127. The van der Waals surface area contributed by atoms with Gasteiger partial charge in [0.25, 0.3) is 5.91 Å². The number of ether oxygens (including phenoxy) is 1. The number of hydrogen-bond acceptors (Lipinski definition) is 3. The van der Waals surface area contributed by atoms with Crippen molar-refractivity contribution in [3.05, 3.63) is 64.1 Å². The summed E-state index contributed by atoms with van der Waals surface area (Å²) < 4.78 is 5.63. The normalized spacial score (nSPS) is 17.2. The average molecular weight is 394 g/mol. The Kier molecular flexibility index (Phi) is 5.76. The number of hydrogen-bond donors (Lipinski definition) is 2. The third-order valence-corrected chi connectivity index (χ3v) is 5.59. The molecule has 4 nitrogen and oxygen atoms in total. The number of aliphatic hydroxyl groups excluding tert-OH is 1. The predicted molar refractivity (Wildman–Crippen MR) is 103 cm³/mol. The van der Waals surface area contributed by atoms with Crippen LogP contribution >= 0.6 is 23.2 Å². The van der Waals surface area contributed by atoms with Gasteiger partial charge in [0.2, 0.25) is 0 Å². The quantitative estimate of drug-likeness (QED) is 0.732. The molecule has 3 rings (SSSR count). The molecule has 0 bridgehead atoms. The molecular weight excluding hydrogens is 373 g/mol. The van der Waals surface area contributed by atoms with Gasteiger partial charge in [-0.2, -0.15) is 0 Å². The summed E-state index contributed by atoms with van der Waals surface area (Å²) in [7, 11) is 0. The monoisotopic (exact) mass is 393 g/mol. The van der Waals surface area contributed by atoms with Crippen molar-refractivity contribution in [2.24, 2.45) is 5.41 Å². The topological polar surface area (TPSA) is 58.6 Å². The van der Waals surface area contributed by atoms with Crippen molar-refractivity contribution < 1.29 is 14.6 Å². The first-order chi connectivity index (χ1) is 12.4. The van der Waals surface area contributed by atoms with Gasteiger partial charge in [0.15, 0.2) is 6.10 Å². The largest absolute Gasteiger partial charge is 0.479 e. The van der Waals surface area contributed by atoms with Crippen LogP contribution in [0.3, 0.4) is 0 Å². The minimum atomic E-state index is -0.726. The van der Waals surface area contributed by atoms with Crippen LogP contribution in [-0.4, -0.2) is 23.7 Å². The maximum absolute atomic E-state index is 12.4. The smallest absolute Gasteiger partial charge is 0.260 e. The van der Waals surface area contributed by atoms with E-state index in [0.29, 0.717) is 17.3 Å². The summed E-state index contributed by atoms with van der Waals surface area (Å²) in [6, 6.07) is 14.6. The zero-order chi connectivity index (χ0) is 18.7. The molecule has 1 fully saturated rings. The molecule has 138 valence electrons. The number of amides is 1. The number of halogens is 2. The van der Waals surface area contributed by atoms with Gasteiger partial charge in [0.05, 0.1) is 11.1 Å². The molecule has 0 aliphatic heterocycles. The summed E-state index contributed by atoms with van der Waals surface area (Å²) in [6.45, 7) is 2.05. The molecule has 0 radical (unpaired) electrons. The second-order valence-corrected chi connectivity index (χ2v) is 7.49. The number of nitrogens with one attached hydrogen (secondary N) is 1. The zero-order valence-electron chi connectivity index (χ0n) is 14.4. The van der Waals surface area contributed by atoms with Gasteiger partial charge in [-0.05, 0) is 37.5 Å². The van der Waals surface area contributed by atoms with Crippen LogP contribution in [0.15, 0.2) is 48.5 Å². The second-order valence-electron chi connectivity index (χ2n) is 6.71. The fourth-order valence-electron chi connectivity index (χ4n) is 2.92. The van der Waals surface area contributed by atoms with Crippen LogP contribution in [0, 0.1) is 5.41 Å². The lowest BCUT2D eigenvalue weighted by Crippen LogP contribution is -2.40. The fourth-order valence-corrected chi connectivity index (χ4v) is 3.26. The minimum Gasteiger partial charge on any atom is -0.479 e. The molecule has 2 unspecified atom stereocenters. The van der Waals surface area contributed by atoms with Crippen molar-refractivity contribution in [2.75, 3.05) is 6.54 Å². The number of benzene rings is 2. The first kappa shape index (κ1) is 19.0. The fraction of sp³-hybridized carbons (Fsp3) is 0.350. The van der Waals surface area contributed by atoms with Crippen LogP contribution in [-0.2, 0) is 4.79 Å². The van der Waals surface area contributed by atoms with Crippen LogP contribution in [0.2, 0.25) is 10.0 Å². The molecule has 0 saturated heterocycles. The Morgan fingerprint density at radius 1 is 1.19 bits per heavy atom. The Labute approximate surface area is 163 Å². The summed E-state index contributed by atoms with van der Waals surface area (Å²) in [5, 5.41) is 14.2. The molecule has 1 amide bonds.